The lowest BCUT2D eigenvalue weighted by Gasteiger charge is -2.41. The van der Waals surface area contributed by atoms with Crippen LogP contribution in [0, 0.1) is 17.8 Å². The smallest absolute Gasteiger partial charge is 0.310 e. The van der Waals surface area contributed by atoms with Crippen LogP contribution in [0.2, 0.25) is 0 Å². The van der Waals surface area contributed by atoms with Crippen LogP contribution in [-0.2, 0) is 28.6 Å². The number of rotatable bonds is 9. The van der Waals surface area contributed by atoms with Crippen molar-refractivity contribution in [2.24, 2.45) is 17.8 Å². The van der Waals surface area contributed by atoms with Gasteiger partial charge in [-0.2, -0.15) is 0 Å². The van der Waals surface area contributed by atoms with Gasteiger partial charge in [0.2, 0.25) is 0 Å². The number of allylic oxidation sites excluding steroid dienone is 12. The fraction of sp³-hybridized carbons (Fsp3) is 0.476. The van der Waals surface area contributed by atoms with Crippen LogP contribution in [0.1, 0.15) is 128 Å². The minimum absolute atomic E-state index is 0.0445. The Bertz CT molecular complexity index is 2520. The molecule has 0 amide bonds. The minimum atomic E-state index is -0.0530. The zero-order chi connectivity index (χ0) is 50.0. The summed E-state index contributed by atoms with van der Waals surface area (Å²) in [7, 11) is 11.0. The quantitative estimate of drug-likeness (QED) is 0.154. The highest BCUT2D eigenvalue weighted by molar-refractivity contribution is 5.78. The first-order valence-electron chi connectivity index (χ1n) is 26.8. The van der Waals surface area contributed by atoms with Crippen LogP contribution in [0.15, 0.2) is 127 Å². The van der Waals surface area contributed by atoms with Crippen molar-refractivity contribution in [3.63, 3.8) is 0 Å². The molecule has 0 N–H and O–H groups in total. The first-order chi connectivity index (χ1) is 35.1. The summed E-state index contributed by atoms with van der Waals surface area (Å²) in [4.78, 5) is 44.7. The summed E-state index contributed by atoms with van der Waals surface area (Å²) in [6, 6.07) is 29.3. The second-order valence-corrected chi connectivity index (χ2v) is 21.9. The van der Waals surface area contributed by atoms with Crippen molar-refractivity contribution in [1.29, 1.82) is 0 Å². The van der Waals surface area contributed by atoms with Crippen LogP contribution in [0.5, 0.6) is 0 Å². The van der Waals surface area contributed by atoms with Crippen molar-refractivity contribution >= 4 is 34.6 Å². The van der Waals surface area contributed by atoms with Crippen LogP contribution >= 0.6 is 0 Å². The number of piperidine rings is 3. The summed E-state index contributed by atoms with van der Waals surface area (Å²) in [6.45, 7) is 0. The fourth-order valence-corrected chi connectivity index (χ4v) is 14.6. The van der Waals surface area contributed by atoms with E-state index in [1.165, 1.54) is 90.7 Å². The maximum absolute atomic E-state index is 12.5. The van der Waals surface area contributed by atoms with Crippen molar-refractivity contribution in [2.75, 3.05) is 42.5 Å². The molecule has 9 heteroatoms. The first kappa shape index (κ1) is 49.9. The molecule has 9 aliphatic rings. The molecule has 3 aromatic rings. The zero-order valence-corrected chi connectivity index (χ0v) is 43.3. The Morgan fingerprint density at radius 2 is 0.806 bits per heavy atom. The number of fused-ring (bicyclic) bond motifs is 6. The topological polar surface area (TPSA) is 88.6 Å². The molecule has 12 rings (SSSR count). The minimum Gasteiger partial charge on any atom is -0.469 e. The fourth-order valence-electron chi connectivity index (χ4n) is 14.6. The van der Waals surface area contributed by atoms with Crippen molar-refractivity contribution in [2.45, 2.75) is 131 Å². The first-order valence-corrected chi connectivity index (χ1v) is 26.8. The van der Waals surface area contributed by atoms with E-state index >= 15 is 0 Å². The standard InChI is InChI=1S/3C21H25NO2/c3*1-22-17-11-12-19(22)20(21(23)24-2)18(13-17)16-9-7-15(8-10-16)14-5-3-4-6-14/h3,5-10,17-20H,4,11-13H2,1-2H3;2*3-5,7-10,17-20H,6,11-13H2,1-2H3. The summed E-state index contributed by atoms with van der Waals surface area (Å²) in [5, 5.41) is 0. The molecule has 0 saturated carbocycles. The second kappa shape index (κ2) is 21.9. The Hall–Kier alpha value is -5.61. The van der Waals surface area contributed by atoms with Crippen LogP contribution < -0.4 is 0 Å². The van der Waals surface area contributed by atoms with Crippen molar-refractivity contribution < 1.29 is 28.6 Å². The van der Waals surface area contributed by atoms with Crippen molar-refractivity contribution in [3.05, 3.63) is 161 Å². The van der Waals surface area contributed by atoms with E-state index in [-0.39, 0.29) is 53.4 Å². The zero-order valence-electron chi connectivity index (χ0n) is 43.3. The van der Waals surface area contributed by atoms with Gasteiger partial charge in [0, 0.05) is 54.0 Å². The van der Waals surface area contributed by atoms with Crippen molar-refractivity contribution in [3.8, 4) is 0 Å². The third-order valence-corrected chi connectivity index (χ3v) is 18.6. The van der Waals surface area contributed by atoms with Gasteiger partial charge in [0.1, 0.15) is 0 Å². The predicted molar refractivity (Wildman–Crippen MR) is 287 cm³/mol. The van der Waals surface area contributed by atoms with Crippen LogP contribution in [-0.4, -0.2) is 111 Å². The number of esters is 3. The van der Waals surface area contributed by atoms with Gasteiger partial charge in [-0.15, -0.1) is 0 Å². The molecule has 72 heavy (non-hydrogen) atoms. The maximum Gasteiger partial charge on any atom is 0.310 e. The van der Waals surface area contributed by atoms with Crippen molar-refractivity contribution in [1.82, 2.24) is 14.7 Å². The van der Waals surface area contributed by atoms with Gasteiger partial charge >= 0.3 is 17.9 Å². The lowest BCUT2D eigenvalue weighted by Crippen LogP contribution is -2.49. The lowest BCUT2D eigenvalue weighted by molar-refractivity contribution is -0.151. The van der Waals surface area contributed by atoms with Gasteiger partial charge in [0.15, 0.2) is 0 Å². The number of ether oxygens (including phenoxy) is 3. The number of benzene rings is 3. The molecule has 12 atom stereocenters. The second-order valence-electron chi connectivity index (χ2n) is 21.9. The molecule has 6 heterocycles. The molecule has 0 aromatic heterocycles. The lowest BCUT2D eigenvalue weighted by atomic mass is 9.76. The van der Waals surface area contributed by atoms with Gasteiger partial charge in [-0.3, -0.25) is 29.1 Å². The Morgan fingerprint density at radius 3 is 1.10 bits per heavy atom. The van der Waals surface area contributed by atoms with Gasteiger partial charge in [-0.1, -0.05) is 127 Å². The number of carbonyl (C=O) groups excluding carboxylic acids is 3. The largest absolute Gasteiger partial charge is 0.469 e. The molecule has 3 aliphatic carbocycles. The summed E-state index contributed by atoms with van der Waals surface area (Å²) < 4.78 is 15.5. The van der Waals surface area contributed by atoms with Crippen LogP contribution in [0.25, 0.3) is 16.7 Å². The predicted octanol–water partition coefficient (Wildman–Crippen LogP) is 11.3. The number of carbonyl (C=O) groups is 3. The molecule has 6 bridgehead atoms. The number of hydrogen-bond donors (Lipinski definition) is 0. The number of methoxy groups -OCH3 is 3. The molecule has 6 saturated heterocycles. The molecular weight excluding hydrogens is 895 g/mol. The molecule has 6 fully saturated rings. The molecule has 378 valence electrons. The molecule has 12 unspecified atom stereocenters. The van der Waals surface area contributed by atoms with Crippen LogP contribution in [0.4, 0.5) is 0 Å². The monoisotopic (exact) mass is 970 g/mol. The summed E-state index contributed by atoms with van der Waals surface area (Å²) in [5.74, 6) is 0.528. The van der Waals surface area contributed by atoms with E-state index in [0.717, 1.165) is 57.8 Å². The van der Waals surface area contributed by atoms with E-state index in [1.54, 1.807) is 0 Å². The van der Waals surface area contributed by atoms with E-state index in [1.807, 2.05) is 0 Å². The molecule has 0 spiro atoms. The van der Waals surface area contributed by atoms with Gasteiger partial charge < -0.3 is 14.2 Å². The van der Waals surface area contributed by atoms with Gasteiger partial charge in [-0.25, -0.2) is 0 Å². The molecular formula is C63H75N3O6. The average molecular weight is 970 g/mol. The van der Waals surface area contributed by atoms with E-state index in [4.69, 9.17) is 14.2 Å². The van der Waals surface area contributed by atoms with Gasteiger partial charge in [-0.05, 0) is 148 Å². The van der Waals surface area contributed by atoms with Gasteiger partial charge in [0.25, 0.3) is 0 Å². The Kier molecular flexibility index (Phi) is 15.2. The summed E-state index contributed by atoms with van der Waals surface area (Å²) >= 11 is 0. The summed E-state index contributed by atoms with van der Waals surface area (Å²) in [5.41, 5.74) is 11.7. The molecule has 9 nitrogen and oxygen atoms in total. The van der Waals surface area contributed by atoms with E-state index in [0.29, 0.717) is 36.3 Å². The average Bonchev–Trinajstić information content (AvgIpc) is 4.31. The highest BCUT2D eigenvalue weighted by Crippen LogP contribution is 2.50. The van der Waals surface area contributed by atoms with Crippen LogP contribution in [0.3, 0.4) is 0 Å². The number of hydrogen-bond acceptors (Lipinski definition) is 9. The van der Waals surface area contributed by atoms with Gasteiger partial charge in [0.05, 0.1) is 39.1 Å². The molecule has 0 radical (unpaired) electrons. The maximum atomic E-state index is 12.5. The SMILES string of the molecule is COC(=O)C1C(c2ccc(C3=CC=CC3)cc2)CC2CCC1N2C.COC(=O)C1C(c2ccc(C3=CC=CC3)cc2)CC2CCC1N2C.COC(=O)C1C(c2ccc(C3=CCC=C3)cc2)CC2CCC1N2C. The number of nitrogens with zero attached hydrogens (tertiary/aromatic N) is 3. The van der Waals surface area contributed by atoms with E-state index < -0.39 is 0 Å². The summed E-state index contributed by atoms with van der Waals surface area (Å²) in [6.07, 6.45) is 32.7. The molecule has 3 aromatic carbocycles. The highest BCUT2D eigenvalue weighted by atomic mass is 16.5. The van der Waals surface area contributed by atoms with E-state index in [2.05, 4.69) is 163 Å². The Morgan fingerprint density at radius 1 is 0.458 bits per heavy atom. The third kappa shape index (κ3) is 9.81. The van der Waals surface area contributed by atoms with E-state index in [9.17, 15) is 14.4 Å². The third-order valence-electron chi connectivity index (χ3n) is 18.6. The molecule has 6 aliphatic heterocycles. The normalized spacial score (nSPS) is 32.0. The Balaban J connectivity index is 0.000000124. The Labute approximate surface area is 428 Å². The highest BCUT2D eigenvalue weighted by Gasteiger charge is 2.52.